The van der Waals surface area contributed by atoms with Gasteiger partial charge in [-0.15, -0.1) is 0 Å². The Bertz CT molecular complexity index is 1060. The molecule has 0 spiro atoms. The topological polar surface area (TPSA) is 63.9 Å². The van der Waals surface area contributed by atoms with Crippen LogP contribution >= 0.6 is 0 Å². The number of likely N-dealkylation sites (tertiary alicyclic amines) is 1. The minimum Gasteiger partial charge on any atom is -0.496 e. The third-order valence-electron chi connectivity index (χ3n) is 5.33. The summed E-state index contributed by atoms with van der Waals surface area (Å²) in [6.45, 7) is 5.96. The number of benzene rings is 2. The molecule has 0 bridgehead atoms. The Hall–Kier alpha value is -2.83. The van der Waals surface area contributed by atoms with Crippen molar-refractivity contribution in [1.82, 2.24) is 9.47 Å². The summed E-state index contributed by atoms with van der Waals surface area (Å²) in [5.74, 6) is 1.46. The van der Waals surface area contributed by atoms with Crippen LogP contribution in [0.25, 0.3) is 21.9 Å². The first kappa shape index (κ1) is 21.9. The fourth-order valence-electron chi connectivity index (χ4n) is 3.84. The van der Waals surface area contributed by atoms with Crippen LogP contribution in [-0.2, 0) is 13.6 Å². The van der Waals surface area contributed by atoms with Gasteiger partial charge in [0.05, 0.1) is 25.9 Å². The van der Waals surface area contributed by atoms with Crippen molar-refractivity contribution < 1.29 is 14.6 Å². The summed E-state index contributed by atoms with van der Waals surface area (Å²) >= 11 is 0. The Kier molecular flexibility index (Phi) is 6.80. The second-order valence-electron chi connectivity index (χ2n) is 7.21. The number of hydrogen-bond donors (Lipinski definition) is 1. The smallest absolute Gasteiger partial charge is 0.258 e. The molecule has 2 aromatic carbocycles. The number of aryl methyl sites for hydroxylation is 1. The predicted octanol–water partition coefficient (Wildman–Crippen LogP) is 3.43. The van der Waals surface area contributed by atoms with Gasteiger partial charge in [-0.05, 0) is 29.1 Å². The van der Waals surface area contributed by atoms with Crippen LogP contribution in [0.4, 0.5) is 0 Å². The lowest BCUT2D eigenvalue weighted by molar-refractivity contribution is -0.00358. The summed E-state index contributed by atoms with van der Waals surface area (Å²) in [6.07, 6.45) is 1.60. The van der Waals surface area contributed by atoms with Gasteiger partial charge >= 0.3 is 0 Å². The van der Waals surface area contributed by atoms with E-state index in [1.807, 2.05) is 56.4 Å². The number of fused-ring (bicyclic) bond motifs is 1. The van der Waals surface area contributed by atoms with Gasteiger partial charge in [0.1, 0.15) is 11.5 Å². The molecule has 4 rings (SSSR count). The predicted molar refractivity (Wildman–Crippen MR) is 120 cm³/mol. The van der Waals surface area contributed by atoms with Gasteiger partial charge in [-0.2, -0.15) is 0 Å². The van der Waals surface area contributed by atoms with E-state index in [9.17, 15) is 9.90 Å². The molecule has 160 valence electrons. The molecule has 1 saturated heterocycles. The van der Waals surface area contributed by atoms with Crippen molar-refractivity contribution in [3.8, 4) is 22.6 Å². The molecule has 0 amide bonds. The lowest BCUT2D eigenvalue weighted by atomic mass is 9.97. The van der Waals surface area contributed by atoms with E-state index in [0.717, 1.165) is 33.6 Å². The summed E-state index contributed by atoms with van der Waals surface area (Å²) in [7, 11) is 5.05. The number of nitrogens with zero attached hydrogens (tertiary/aromatic N) is 2. The van der Waals surface area contributed by atoms with E-state index in [4.69, 9.17) is 9.47 Å². The van der Waals surface area contributed by atoms with Gasteiger partial charge in [-0.3, -0.25) is 9.69 Å². The van der Waals surface area contributed by atoms with Crippen LogP contribution in [0.2, 0.25) is 0 Å². The molecule has 6 heteroatoms. The maximum atomic E-state index is 12.5. The second kappa shape index (κ2) is 9.32. The molecule has 0 aliphatic carbocycles. The van der Waals surface area contributed by atoms with Crippen LogP contribution in [0.5, 0.6) is 11.5 Å². The Morgan fingerprint density at radius 3 is 2.13 bits per heavy atom. The quantitative estimate of drug-likeness (QED) is 0.698. The van der Waals surface area contributed by atoms with E-state index >= 15 is 0 Å². The number of β-amino-alcohol motifs (C(OH)–C–C–N with tert-alkyl or cyclic N) is 1. The number of aliphatic hydroxyl groups excluding tert-OH is 1. The maximum Gasteiger partial charge on any atom is 0.258 e. The van der Waals surface area contributed by atoms with Gasteiger partial charge < -0.3 is 19.1 Å². The standard InChI is InChI=1S/C22H24N2O4.C2H6/c1-23-12-18(16-6-4-5-7-17(16)22(23)26)14-8-20(27-2)19(21(9-14)28-3)13-24-10-15(25)11-24;1-2/h4-9,12,15,25H,10-11,13H2,1-3H3;1-2H3. The summed E-state index contributed by atoms with van der Waals surface area (Å²) in [5, 5.41) is 11.1. The van der Waals surface area contributed by atoms with Crippen LogP contribution < -0.4 is 15.0 Å². The molecule has 0 saturated carbocycles. The Balaban J connectivity index is 0.00000124. The largest absolute Gasteiger partial charge is 0.496 e. The highest BCUT2D eigenvalue weighted by atomic mass is 16.5. The van der Waals surface area contributed by atoms with Gasteiger partial charge in [-0.25, -0.2) is 0 Å². The highest BCUT2D eigenvalue weighted by Crippen LogP contribution is 2.38. The lowest BCUT2D eigenvalue weighted by Crippen LogP contribution is -2.49. The molecular weight excluding hydrogens is 380 g/mol. The highest BCUT2D eigenvalue weighted by molar-refractivity contribution is 5.96. The minimum atomic E-state index is -0.256. The fourth-order valence-corrected chi connectivity index (χ4v) is 3.84. The first-order valence-corrected chi connectivity index (χ1v) is 10.3. The van der Waals surface area contributed by atoms with Crippen LogP contribution in [-0.4, -0.2) is 48.0 Å². The van der Waals surface area contributed by atoms with Gasteiger partial charge in [0, 0.05) is 43.8 Å². The Morgan fingerprint density at radius 1 is 1.03 bits per heavy atom. The van der Waals surface area contributed by atoms with E-state index in [0.29, 0.717) is 25.0 Å². The van der Waals surface area contributed by atoms with Crippen LogP contribution in [0.3, 0.4) is 0 Å². The van der Waals surface area contributed by atoms with Gasteiger partial charge in [-0.1, -0.05) is 32.0 Å². The summed E-state index contributed by atoms with van der Waals surface area (Å²) < 4.78 is 13.0. The SMILES string of the molecule is CC.COc1cc(-c2cn(C)c(=O)c3ccccc23)cc(OC)c1CN1CC(O)C1. The fraction of sp³-hybridized carbons (Fsp3) is 0.375. The third kappa shape index (κ3) is 4.06. The number of pyridine rings is 1. The highest BCUT2D eigenvalue weighted by Gasteiger charge is 2.27. The monoisotopic (exact) mass is 410 g/mol. The van der Waals surface area contributed by atoms with Gasteiger partial charge in [0.25, 0.3) is 5.56 Å². The molecular formula is C24H30N2O4. The zero-order valence-electron chi connectivity index (χ0n) is 18.3. The van der Waals surface area contributed by atoms with Crippen molar-refractivity contribution in [2.75, 3.05) is 27.3 Å². The zero-order valence-corrected chi connectivity index (χ0v) is 18.3. The molecule has 1 N–H and O–H groups in total. The molecule has 0 radical (unpaired) electrons. The molecule has 0 atom stereocenters. The van der Waals surface area contributed by atoms with Crippen molar-refractivity contribution in [2.24, 2.45) is 7.05 Å². The number of hydrogen-bond acceptors (Lipinski definition) is 5. The lowest BCUT2D eigenvalue weighted by Gasteiger charge is -2.36. The minimum absolute atomic E-state index is 0.0220. The number of rotatable bonds is 5. The normalized spacial score (nSPS) is 14.1. The molecule has 1 fully saturated rings. The first-order valence-electron chi connectivity index (χ1n) is 10.3. The average molecular weight is 411 g/mol. The number of methoxy groups -OCH3 is 2. The van der Waals surface area contributed by atoms with E-state index in [2.05, 4.69) is 4.90 Å². The van der Waals surface area contributed by atoms with Crippen molar-refractivity contribution in [3.05, 3.63) is 58.5 Å². The molecule has 1 aliphatic rings. The molecule has 1 aromatic heterocycles. The second-order valence-corrected chi connectivity index (χ2v) is 7.21. The van der Waals surface area contributed by atoms with E-state index in [1.165, 1.54) is 0 Å². The Labute approximate surface area is 177 Å². The van der Waals surface area contributed by atoms with Crippen LogP contribution in [0.15, 0.2) is 47.4 Å². The van der Waals surface area contributed by atoms with E-state index in [-0.39, 0.29) is 11.7 Å². The number of aliphatic hydroxyl groups is 1. The van der Waals surface area contributed by atoms with E-state index < -0.39 is 0 Å². The van der Waals surface area contributed by atoms with Crippen molar-refractivity contribution in [3.63, 3.8) is 0 Å². The van der Waals surface area contributed by atoms with E-state index in [1.54, 1.807) is 25.8 Å². The van der Waals surface area contributed by atoms with Gasteiger partial charge in [0.15, 0.2) is 0 Å². The molecule has 0 unspecified atom stereocenters. The van der Waals surface area contributed by atoms with Crippen molar-refractivity contribution in [1.29, 1.82) is 0 Å². The molecule has 30 heavy (non-hydrogen) atoms. The summed E-state index contributed by atoms with van der Waals surface area (Å²) in [5.41, 5.74) is 2.80. The maximum absolute atomic E-state index is 12.5. The van der Waals surface area contributed by atoms with Crippen LogP contribution in [0.1, 0.15) is 19.4 Å². The summed E-state index contributed by atoms with van der Waals surface area (Å²) in [4.78, 5) is 14.6. The molecule has 2 heterocycles. The first-order chi connectivity index (χ1) is 14.5. The number of ether oxygens (including phenoxy) is 2. The molecule has 3 aromatic rings. The average Bonchev–Trinajstić information content (AvgIpc) is 2.76. The van der Waals surface area contributed by atoms with Crippen molar-refractivity contribution >= 4 is 10.8 Å². The van der Waals surface area contributed by atoms with Crippen molar-refractivity contribution in [2.45, 2.75) is 26.5 Å². The Morgan fingerprint density at radius 2 is 1.60 bits per heavy atom. The zero-order chi connectivity index (χ0) is 21.8. The number of aromatic nitrogens is 1. The molecule has 1 aliphatic heterocycles. The van der Waals surface area contributed by atoms with Crippen LogP contribution in [0, 0.1) is 0 Å². The third-order valence-corrected chi connectivity index (χ3v) is 5.33. The van der Waals surface area contributed by atoms with Gasteiger partial charge in [0.2, 0.25) is 0 Å². The molecule has 6 nitrogen and oxygen atoms in total. The summed E-state index contributed by atoms with van der Waals surface area (Å²) in [6, 6.07) is 11.6.